The van der Waals surface area contributed by atoms with Gasteiger partial charge in [0.1, 0.15) is 16.2 Å². The van der Waals surface area contributed by atoms with E-state index in [0.717, 1.165) is 21.7 Å². The number of carbonyl (C=O) groups is 2. The van der Waals surface area contributed by atoms with Crippen molar-refractivity contribution in [1.29, 1.82) is 0 Å². The molecule has 0 aromatic carbocycles. The van der Waals surface area contributed by atoms with Crippen LogP contribution in [0.5, 0.6) is 0 Å². The summed E-state index contributed by atoms with van der Waals surface area (Å²) in [6.45, 7) is 4.42. The van der Waals surface area contributed by atoms with Gasteiger partial charge in [0.05, 0.1) is 5.75 Å². The summed E-state index contributed by atoms with van der Waals surface area (Å²) in [6, 6.07) is 2.09. The van der Waals surface area contributed by atoms with Crippen LogP contribution >= 0.6 is 23.1 Å². The minimum absolute atomic E-state index is 0.0759. The van der Waals surface area contributed by atoms with Crippen molar-refractivity contribution in [2.75, 3.05) is 18.8 Å². The average Bonchev–Trinajstić information content (AvgIpc) is 2.93. The minimum Gasteiger partial charge on any atom is -0.355 e. The Balaban J connectivity index is 1.87. The molecule has 8 heteroatoms. The summed E-state index contributed by atoms with van der Waals surface area (Å²) in [7, 11) is 0. The van der Waals surface area contributed by atoms with Crippen molar-refractivity contribution in [3.05, 3.63) is 17.3 Å². The second-order valence-electron chi connectivity index (χ2n) is 4.59. The Morgan fingerprint density at radius 3 is 2.77 bits per heavy atom. The van der Waals surface area contributed by atoms with E-state index >= 15 is 0 Å². The topological polar surface area (TPSA) is 84.0 Å². The molecule has 0 fully saturated rings. The Bertz CT molecular complexity index is 672. The number of hydrogen-bond acceptors (Lipinski definition) is 6. The third-order valence-electron chi connectivity index (χ3n) is 2.85. The highest BCUT2D eigenvalue weighted by Crippen LogP contribution is 2.30. The zero-order valence-electron chi connectivity index (χ0n) is 12.5. The zero-order valence-corrected chi connectivity index (χ0v) is 14.1. The fraction of sp³-hybridized carbons (Fsp3) is 0.429. The van der Waals surface area contributed by atoms with Crippen molar-refractivity contribution in [2.24, 2.45) is 0 Å². The molecule has 118 valence electrons. The molecule has 22 heavy (non-hydrogen) atoms. The molecule has 6 nitrogen and oxygen atoms in total. The lowest BCUT2D eigenvalue weighted by Gasteiger charge is -2.05. The quantitative estimate of drug-likeness (QED) is 0.455. The van der Waals surface area contributed by atoms with Gasteiger partial charge in [0.25, 0.3) is 0 Å². The predicted octanol–water partition coefficient (Wildman–Crippen LogP) is 1.60. The Hall–Kier alpha value is -1.67. The lowest BCUT2D eigenvalue weighted by atomic mass is 10.3. The Labute approximate surface area is 137 Å². The van der Waals surface area contributed by atoms with Crippen LogP contribution in [0.1, 0.15) is 18.7 Å². The van der Waals surface area contributed by atoms with Gasteiger partial charge in [-0.25, -0.2) is 9.97 Å². The molecular formula is C14H18N4O2S2. The van der Waals surface area contributed by atoms with Gasteiger partial charge in [0.15, 0.2) is 0 Å². The monoisotopic (exact) mass is 338 g/mol. The first-order chi connectivity index (χ1) is 10.6. The summed E-state index contributed by atoms with van der Waals surface area (Å²) in [5.74, 6) is 0.119. The maximum Gasteiger partial charge on any atom is 0.230 e. The van der Waals surface area contributed by atoms with E-state index in [1.54, 1.807) is 11.3 Å². The van der Waals surface area contributed by atoms with Crippen LogP contribution in [0.3, 0.4) is 0 Å². The Morgan fingerprint density at radius 1 is 1.27 bits per heavy atom. The maximum absolute atomic E-state index is 11.8. The Morgan fingerprint density at radius 2 is 2.05 bits per heavy atom. The highest BCUT2D eigenvalue weighted by molar-refractivity contribution is 8.00. The third kappa shape index (κ3) is 4.67. The molecule has 2 amide bonds. The van der Waals surface area contributed by atoms with E-state index in [1.807, 2.05) is 0 Å². The molecule has 0 atom stereocenters. The summed E-state index contributed by atoms with van der Waals surface area (Å²) in [5, 5.41) is 7.23. The number of amides is 2. The van der Waals surface area contributed by atoms with Crippen LogP contribution in [0.25, 0.3) is 10.2 Å². The predicted molar refractivity (Wildman–Crippen MR) is 89.2 cm³/mol. The summed E-state index contributed by atoms with van der Waals surface area (Å²) in [5.41, 5.74) is 0. The molecule has 2 aromatic heterocycles. The van der Waals surface area contributed by atoms with E-state index in [4.69, 9.17) is 0 Å². The molecule has 2 rings (SSSR count). The smallest absolute Gasteiger partial charge is 0.230 e. The summed E-state index contributed by atoms with van der Waals surface area (Å²) < 4.78 is 0. The summed E-state index contributed by atoms with van der Waals surface area (Å²) in [4.78, 5) is 33.2. The standard InChI is InChI=1S/C14H18N4O2S2/c1-3-10-6-11-13(17-8-18-14(11)22-10)21-7-12(20)16-5-4-15-9(2)19/h6,8H,3-5,7H2,1-2H3,(H,15,19)(H,16,20). The van der Waals surface area contributed by atoms with Crippen molar-refractivity contribution < 1.29 is 9.59 Å². The Kier molecular flexibility index (Phi) is 6.14. The SMILES string of the molecule is CCc1cc2c(SCC(=O)NCCNC(C)=O)ncnc2s1. The number of aryl methyl sites for hydroxylation is 1. The molecule has 0 bridgehead atoms. The van der Waals surface area contributed by atoms with Crippen molar-refractivity contribution in [1.82, 2.24) is 20.6 Å². The summed E-state index contributed by atoms with van der Waals surface area (Å²) in [6.07, 6.45) is 2.50. The maximum atomic E-state index is 11.8. The number of nitrogens with one attached hydrogen (secondary N) is 2. The second kappa shape index (κ2) is 8.09. The van der Waals surface area contributed by atoms with Gasteiger partial charge >= 0.3 is 0 Å². The van der Waals surface area contributed by atoms with Crippen molar-refractivity contribution in [3.63, 3.8) is 0 Å². The van der Waals surface area contributed by atoms with Crippen molar-refractivity contribution >= 4 is 45.1 Å². The van der Waals surface area contributed by atoms with Crippen LogP contribution in [0.2, 0.25) is 0 Å². The van der Waals surface area contributed by atoms with E-state index in [2.05, 4.69) is 33.6 Å². The van der Waals surface area contributed by atoms with Crippen LogP contribution in [0.15, 0.2) is 17.4 Å². The van der Waals surface area contributed by atoms with E-state index < -0.39 is 0 Å². The van der Waals surface area contributed by atoms with Crippen LogP contribution in [-0.2, 0) is 16.0 Å². The van der Waals surface area contributed by atoms with Gasteiger partial charge in [0, 0.05) is 30.3 Å². The highest BCUT2D eigenvalue weighted by Gasteiger charge is 2.10. The number of rotatable bonds is 7. The largest absolute Gasteiger partial charge is 0.355 e. The van der Waals surface area contributed by atoms with Crippen LogP contribution in [0, 0.1) is 0 Å². The van der Waals surface area contributed by atoms with E-state index in [0.29, 0.717) is 18.8 Å². The number of hydrogen-bond donors (Lipinski definition) is 2. The lowest BCUT2D eigenvalue weighted by Crippen LogP contribution is -2.34. The highest BCUT2D eigenvalue weighted by atomic mass is 32.2. The molecule has 0 saturated carbocycles. The van der Waals surface area contributed by atoms with Gasteiger partial charge in [-0.1, -0.05) is 18.7 Å². The third-order valence-corrected chi connectivity index (χ3v) is 5.05. The fourth-order valence-electron chi connectivity index (χ4n) is 1.80. The van der Waals surface area contributed by atoms with Crippen LogP contribution in [0.4, 0.5) is 0 Å². The van der Waals surface area contributed by atoms with Gasteiger partial charge in [0.2, 0.25) is 11.8 Å². The molecular weight excluding hydrogens is 320 g/mol. The number of thioether (sulfide) groups is 1. The van der Waals surface area contributed by atoms with E-state index in [1.165, 1.54) is 29.9 Å². The molecule has 0 spiro atoms. The fourth-order valence-corrected chi connectivity index (χ4v) is 3.60. The van der Waals surface area contributed by atoms with Gasteiger partial charge in [-0.15, -0.1) is 11.3 Å². The zero-order chi connectivity index (χ0) is 15.9. The minimum atomic E-state index is -0.101. The number of carbonyl (C=O) groups excluding carboxylic acids is 2. The number of thiophene rings is 1. The molecule has 0 unspecified atom stereocenters. The molecule has 2 heterocycles. The first kappa shape index (κ1) is 16.7. The van der Waals surface area contributed by atoms with Crippen molar-refractivity contribution in [2.45, 2.75) is 25.3 Å². The van der Waals surface area contributed by atoms with Gasteiger partial charge in [-0.3, -0.25) is 9.59 Å². The molecule has 0 aliphatic carbocycles. The van der Waals surface area contributed by atoms with Crippen molar-refractivity contribution in [3.8, 4) is 0 Å². The second-order valence-corrected chi connectivity index (χ2v) is 6.66. The molecule has 0 saturated heterocycles. The van der Waals surface area contributed by atoms with Gasteiger partial charge < -0.3 is 10.6 Å². The van der Waals surface area contributed by atoms with Gasteiger partial charge in [-0.2, -0.15) is 0 Å². The lowest BCUT2D eigenvalue weighted by molar-refractivity contribution is -0.120. The molecule has 0 radical (unpaired) electrons. The molecule has 2 aromatic rings. The normalized spacial score (nSPS) is 10.6. The van der Waals surface area contributed by atoms with Crippen LogP contribution < -0.4 is 10.6 Å². The summed E-state index contributed by atoms with van der Waals surface area (Å²) >= 11 is 3.06. The average molecular weight is 338 g/mol. The number of fused-ring (bicyclic) bond motifs is 1. The molecule has 0 aliphatic heterocycles. The van der Waals surface area contributed by atoms with Crippen LogP contribution in [-0.4, -0.2) is 40.6 Å². The van der Waals surface area contributed by atoms with Gasteiger partial charge in [-0.05, 0) is 12.5 Å². The molecule has 0 aliphatic rings. The first-order valence-corrected chi connectivity index (χ1v) is 8.77. The molecule has 2 N–H and O–H groups in total. The first-order valence-electron chi connectivity index (χ1n) is 6.97. The van der Waals surface area contributed by atoms with E-state index in [9.17, 15) is 9.59 Å². The number of aromatic nitrogens is 2. The number of nitrogens with zero attached hydrogens (tertiary/aromatic N) is 2. The van der Waals surface area contributed by atoms with E-state index in [-0.39, 0.29) is 11.8 Å².